The lowest BCUT2D eigenvalue weighted by Gasteiger charge is -2.41. The summed E-state index contributed by atoms with van der Waals surface area (Å²) in [5.74, 6) is 1.34. The molecule has 2 aliphatic rings. The van der Waals surface area contributed by atoms with Crippen molar-refractivity contribution in [2.24, 2.45) is 17.3 Å². The first-order chi connectivity index (χ1) is 7.96. The van der Waals surface area contributed by atoms with Crippen molar-refractivity contribution in [1.29, 1.82) is 0 Å². The SMILES string of the molecule is CC1CCC(O)C(CN2CCC(C)(C)CC2)C1. The third-order valence-electron chi connectivity index (χ3n) is 4.91. The van der Waals surface area contributed by atoms with Gasteiger partial charge in [0, 0.05) is 6.54 Å². The Labute approximate surface area is 106 Å². The van der Waals surface area contributed by atoms with Gasteiger partial charge in [0.2, 0.25) is 0 Å². The van der Waals surface area contributed by atoms with E-state index in [9.17, 15) is 5.11 Å². The zero-order valence-corrected chi connectivity index (χ0v) is 11.8. The van der Waals surface area contributed by atoms with Gasteiger partial charge < -0.3 is 10.0 Å². The molecule has 100 valence electrons. The highest BCUT2D eigenvalue weighted by molar-refractivity contribution is 4.84. The largest absolute Gasteiger partial charge is 0.393 e. The van der Waals surface area contributed by atoms with Crippen LogP contribution in [-0.2, 0) is 0 Å². The highest BCUT2D eigenvalue weighted by atomic mass is 16.3. The number of piperidine rings is 1. The van der Waals surface area contributed by atoms with Crippen LogP contribution in [0.2, 0.25) is 0 Å². The standard InChI is InChI=1S/C15H29NO/c1-12-4-5-14(17)13(10-12)11-16-8-6-15(2,3)7-9-16/h12-14,17H,4-11H2,1-3H3. The quantitative estimate of drug-likeness (QED) is 0.801. The van der Waals surface area contributed by atoms with Gasteiger partial charge in [-0.15, -0.1) is 0 Å². The van der Waals surface area contributed by atoms with Gasteiger partial charge in [0.15, 0.2) is 0 Å². The summed E-state index contributed by atoms with van der Waals surface area (Å²) in [6.07, 6.45) is 6.04. The van der Waals surface area contributed by atoms with Gasteiger partial charge in [-0.05, 0) is 62.4 Å². The predicted molar refractivity (Wildman–Crippen MR) is 72.0 cm³/mol. The van der Waals surface area contributed by atoms with E-state index in [-0.39, 0.29) is 6.10 Å². The average Bonchev–Trinajstić information content (AvgIpc) is 2.26. The van der Waals surface area contributed by atoms with Crippen LogP contribution in [0, 0.1) is 17.3 Å². The fourth-order valence-electron chi connectivity index (χ4n) is 3.35. The summed E-state index contributed by atoms with van der Waals surface area (Å²) in [7, 11) is 0. The normalized spacial score (nSPS) is 39.2. The van der Waals surface area contributed by atoms with Crippen molar-refractivity contribution in [3.8, 4) is 0 Å². The highest BCUT2D eigenvalue weighted by Crippen LogP contribution is 2.33. The number of aliphatic hydroxyl groups excluding tert-OH is 1. The first-order valence-electron chi connectivity index (χ1n) is 7.37. The lowest BCUT2D eigenvalue weighted by atomic mass is 9.78. The summed E-state index contributed by atoms with van der Waals surface area (Å²) in [5.41, 5.74) is 0.537. The molecule has 3 atom stereocenters. The van der Waals surface area contributed by atoms with E-state index < -0.39 is 0 Å². The fourth-order valence-corrected chi connectivity index (χ4v) is 3.35. The Morgan fingerprint density at radius 1 is 1.18 bits per heavy atom. The summed E-state index contributed by atoms with van der Waals surface area (Å²) >= 11 is 0. The smallest absolute Gasteiger partial charge is 0.0580 e. The molecule has 2 rings (SSSR count). The minimum absolute atomic E-state index is 0.0406. The molecule has 1 aliphatic heterocycles. The molecule has 0 aromatic heterocycles. The Morgan fingerprint density at radius 3 is 2.47 bits per heavy atom. The third-order valence-corrected chi connectivity index (χ3v) is 4.91. The van der Waals surface area contributed by atoms with E-state index in [1.54, 1.807) is 0 Å². The van der Waals surface area contributed by atoms with Crippen LogP contribution in [0.5, 0.6) is 0 Å². The first kappa shape index (κ1) is 13.4. The van der Waals surface area contributed by atoms with Crippen LogP contribution in [0.25, 0.3) is 0 Å². The molecule has 1 aliphatic carbocycles. The Balaban J connectivity index is 1.80. The van der Waals surface area contributed by atoms with Crippen molar-refractivity contribution in [3.63, 3.8) is 0 Å². The second kappa shape index (κ2) is 5.27. The maximum absolute atomic E-state index is 10.1. The van der Waals surface area contributed by atoms with Crippen molar-refractivity contribution in [2.75, 3.05) is 19.6 Å². The van der Waals surface area contributed by atoms with E-state index in [0.29, 0.717) is 11.3 Å². The zero-order valence-electron chi connectivity index (χ0n) is 11.8. The van der Waals surface area contributed by atoms with Gasteiger partial charge in [0.1, 0.15) is 0 Å². The van der Waals surface area contributed by atoms with E-state index in [1.807, 2.05) is 0 Å². The van der Waals surface area contributed by atoms with E-state index in [4.69, 9.17) is 0 Å². The number of nitrogens with zero attached hydrogens (tertiary/aromatic N) is 1. The predicted octanol–water partition coefficient (Wildman–Crippen LogP) is 2.91. The summed E-state index contributed by atoms with van der Waals surface area (Å²) in [4.78, 5) is 2.58. The molecule has 1 heterocycles. The van der Waals surface area contributed by atoms with Crippen LogP contribution in [0.3, 0.4) is 0 Å². The summed E-state index contributed by atoms with van der Waals surface area (Å²) in [5, 5.41) is 10.1. The Morgan fingerprint density at radius 2 is 1.82 bits per heavy atom. The summed E-state index contributed by atoms with van der Waals surface area (Å²) in [6.45, 7) is 10.7. The molecule has 17 heavy (non-hydrogen) atoms. The summed E-state index contributed by atoms with van der Waals surface area (Å²) < 4.78 is 0. The van der Waals surface area contributed by atoms with E-state index in [0.717, 1.165) is 18.9 Å². The van der Waals surface area contributed by atoms with E-state index >= 15 is 0 Å². The molecule has 0 radical (unpaired) electrons. The van der Waals surface area contributed by atoms with Gasteiger partial charge in [-0.3, -0.25) is 0 Å². The van der Waals surface area contributed by atoms with Crippen molar-refractivity contribution in [2.45, 2.75) is 59.0 Å². The van der Waals surface area contributed by atoms with E-state index in [1.165, 1.54) is 38.8 Å². The Hall–Kier alpha value is -0.0800. The molecule has 2 fully saturated rings. The fraction of sp³-hybridized carbons (Fsp3) is 1.00. The Bertz CT molecular complexity index is 241. The van der Waals surface area contributed by atoms with Gasteiger partial charge >= 0.3 is 0 Å². The Kier molecular flexibility index (Phi) is 4.14. The molecule has 1 N–H and O–H groups in total. The molecule has 0 aromatic rings. The molecular weight excluding hydrogens is 210 g/mol. The van der Waals surface area contributed by atoms with Crippen LogP contribution in [0.15, 0.2) is 0 Å². The number of aliphatic hydroxyl groups is 1. The monoisotopic (exact) mass is 239 g/mol. The van der Waals surface area contributed by atoms with Crippen molar-refractivity contribution in [1.82, 2.24) is 4.90 Å². The third kappa shape index (κ3) is 3.69. The van der Waals surface area contributed by atoms with E-state index in [2.05, 4.69) is 25.7 Å². The number of rotatable bonds is 2. The topological polar surface area (TPSA) is 23.5 Å². The minimum atomic E-state index is -0.0406. The highest BCUT2D eigenvalue weighted by Gasteiger charge is 2.31. The number of hydrogen-bond acceptors (Lipinski definition) is 2. The van der Waals surface area contributed by atoms with Gasteiger partial charge in [-0.25, -0.2) is 0 Å². The van der Waals surface area contributed by atoms with Crippen molar-refractivity contribution >= 4 is 0 Å². The van der Waals surface area contributed by atoms with Crippen LogP contribution in [0.1, 0.15) is 52.9 Å². The number of likely N-dealkylation sites (tertiary alicyclic amines) is 1. The lowest BCUT2D eigenvalue weighted by molar-refractivity contribution is 0.0183. The van der Waals surface area contributed by atoms with Crippen molar-refractivity contribution in [3.05, 3.63) is 0 Å². The van der Waals surface area contributed by atoms with Crippen LogP contribution in [-0.4, -0.2) is 35.7 Å². The molecule has 3 unspecified atom stereocenters. The van der Waals surface area contributed by atoms with Gasteiger partial charge in [-0.1, -0.05) is 20.8 Å². The second-order valence-electron chi connectivity index (χ2n) is 7.21. The minimum Gasteiger partial charge on any atom is -0.393 e. The van der Waals surface area contributed by atoms with Crippen LogP contribution in [0.4, 0.5) is 0 Å². The summed E-state index contributed by atoms with van der Waals surface area (Å²) in [6, 6.07) is 0. The molecule has 1 saturated heterocycles. The zero-order chi connectivity index (χ0) is 12.5. The van der Waals surface area contributed by atoms with Gasteiger partial charge in [0.05, 0.1) is 6.10 Å². The lowest BCUT2D eigenvalue weighted by Crippen LogP contribution is -2.43. The second-order valence-corrected chi connectivity index (χ2v) is 7.21. The molecular formula is C15H29NO. The maximum Gasteiger partial charge on any atom is 0.0580 e. The molecule has 2 nitrogen and oxygen atoms in total. The molecule has 0 amide bonds. The first-order valence-corrected chi connectivity index (χ1v) is 7.37. The van der Waals surface area contributed by atoms with Gasteiger partial charge in [-0.2, -0.15) is 0 Å². The molecule has 0 aromatic carbocycles. The maximum atomic E-state index is 10.1. The van der Waals surface area contributed by atoms with Crippen LogP contribution >= 0.6 is 0 Å². The van der Waals surface area contributed by atoms with Crippen LogP contribution < -0.4 is 0 Å². The molecule has 1 saturated carbocycles. The molecule has 0 bridgehead atoms. The molecule has 2 heteroatoms. The van der Waals surface area contributed by atoms with Gasteiger partial charge in [0.25, 0.3) is 0 Å². The van der Waals surface area contributed by atoms with Crippen molar-refractivity contribution < 1.29 is 5.11 Å². The average molecular weight is 239 g/mol. The number of hydrogen-bond donors (Lipinski definition) is 1. The molecule has 0 spiro atoms.